The van der Waals surface area contributed by atoms with Gasteiger partial charge in [-0.25, -0.2) is 9.69 Å². The van der Waals surface area contributed by atoms with Gasteiger partial charge in [-0.2, -0.15) is 18.4 Å². The number of nitrogens with zero attached hydrogens (tertiary/aromatic N) is 3. The molecule has 0 radical (unpaired) electrons. The predicted octanol–water partition coefficient (Wildman–Crippen LogP) is 3.87. The Balaban J connectivity index is 2.23. The van der Waals surface area contributed by atoms with E-state index in [1.165, 1.54) is 20.2 Å². The highest BCUT2D eigenvalue weighted by Gasteiger charge is 2.61. The number of carbonyl (C=O) groups excluding carboxylic acids is 3. The van der Waals surface area contributed by atoms with Crippen molar-refractivity contribution in [3.05, 3.63) is 65.2 Å². The standard InChI is InChI=1S/C23H20F3N3O4/c1-28-21(32)29(17-11-10-15(14-27)18(13-17)23(24,25)26)20(31)22(28,16-7-4-3-5-8-16)19(33-2)9-6-12-30/h3-5,7-8,10-13,19H,6,9H2,1-2H3/t19-,22?/m0/s1. The quantitative estimate of drug-likeness (QED) is 0.463. The molecule has 2 aromatic rings. The number of nitriles is 1. The molecule has 2 atom stereocenters. The fraction of sp³-hybridized carbons (Fsp3) is 0.304. The lowest BCUT2D eigenvalue weighted by Crippen LogP contribution is -2.55. The Labute approximate surface area is 188 Å². The molecule has 0 N–H and O–H groups in total. The van der Waals surface area contributed by atoms with Crippen LogP contribution < -0.4 is 4.90 Å². The number of rotatable bonds is 7. The molecule has 172 valence electrons. The molecule has 1 fully saturated rings. The lowest BCUT2D eigenvalue weighted by molar-refractivity contribution is -0.138. The van der Waals surface area contributed by atoms with Gasteiger partial charge in [0, 0.05) is 20.6 Å². The molecular formula is C23H20F3N3O4. The molecular weight excluding hydrogens is 439 g/mol. The maximum absolute atomic E-state index is 13.9. The normalized spacial score (nSPS) is 19.5. The van der Waals surface area contributed by atoms with E-state index in [-0.39, 0.29) is 18.5 Å². The van der Waals surface area contributed by atoms with E-state index in [1.807, 2.05) is 0 Å². The van der Waals surface area contributed by atoms with Crippen molar-refractivity contribution < 1.29 is 32.3 Å². The number of hydrogen-bond acceptors (Lipinski definition) is 5. The summed E-state index contributed by atoms with van der Waals surface area (Å²) >= 11 is 0. The third kappa shape index (κ3) is 3.85. The fourth-order valence-electron chi connectivity index (χ4n) is 4.20. The van der Waals surface area contributed by atoms with E-state index in [0.29, 0.717) is 22.8 Å². The number of imide groups is 1. The molecule has 1 aliphatic heterocycles. The second-order valence-electron chi connectivity index (χ2n) is 7.42. The first-order valence-corrected chi connectivity index (χ1v) is 9.90. The molecule has 0 saturated carbocycles. The van der Waals surface area contributed by atoms with E-state index in [9.17, 15) is 27.6 Å². The molecule has 1 heterocycles. The Kier molecular flexibility index (Phi) is 6.56. The third-order valence-electron chi connectivity index (χ3n) is 5.73. The summed E-state index contributed by atoms with van der Waals surface area (Å²) in [5, 5.41) is 9.05. The number of urea groups is 1. The number of carbonyl (C=O) groups is 3. The zero-order chi connectivity index (χ0) is 24.4. The van der Waals surface area contributed by atoms with E-state index in [0.717, 1.165) is 17.0 Å². The highest BCUT2D eigenvalue weighted by molar-refractivity contribution is 6.23. The number of methoxy groups -OCH3 is 1. The van der Waals surface area contributed by atoms with Crippen LogP contribution in [-0.2, 0) is 26.0 Å². The zero-order valence-corrected chi connectivity index (χ0v) is 17.8. The Morgan fingerprint density at radius 2 is 1.85 bits per heavy atom. The summed E-state index contributed by atoms with van der Waals surface area (Å²) in [5.74, 6) is -0.822. The van der Waals surface area contributed by atoms with Gasteiger partial charge >= 0.3 is 12.2 Å². The number of amides is 3. The molecule has 3 rings (SSSR count). The van der Waals surface area contributed by atoms with Gasteiger partial charge in [0.05, 0.1) is 29.0 Å². The van der Waals surface area contributed by atoms with E-state index in [1.54, 1.807) is 30.3 Å². The van der Waals surface area contributed by atoms with Crippen molar-refractivity contribution in [2.24, 2.45) is 0 Å². The molecule has 1 unspecified atom stereocenters. The van der Waals surface area contributed by atoms with Crippen molar-refractivity contribution in [3.63, 3.8) is 0 Å². The first-order valence-electron chi connectivity index (χ1n) is 9.90. The van der Waals surface area contributed by atoms with Gasteiger partial charge in [-0.05, 0) is 30.2 Å². The molecule has 7 nitrogen and oxygen atoms in total. The number of benzene rings is 2. The lowest BCUT2D eigenvalue weighted by Gasteiger charge is -2.39. The van der Waals surface area contributed by atoms with Gasteiger partial charge < -0.3 is 14.4 Å². The number of ether oxygens (including phenoxy) is 1. The van der Waals surface area contributed by atoms with Gasteiger partial charge in [-0.15, -0.1) is 0 Å². The van der Waals surface area contributed by atoms with Crippen LogP contribution in [0.2, 0.25) is 0 Å². The van der Waals surface area contributed by atoms with Crippen LogP contribution in [0.25, 0.3) is 0 Å². The van der Waals surface area contributed by atoms with Gasteiger partial charge in [-0.3, -0.25) is 4.79 Å². The zero-order valence-electron chi connectivity index (χ0n) is 17.8. The minimum Gasteiger partial charge on any atom is -0.378 e. The molecule has 0 spiro atoms. The lowest BCUT2D eigenvalue weighted by atomic mass is 9.81. The maximum Gasteiger partial charge on any atom is 0.417 e. The fourth-order valence-corrected chi connectivity index (χ4v) is 4.20. The maximum atomic E-state index is 13.9. The van der Waals surface area contributed by atoms with Crippen LogP contribution in [0.15, 0.2) is 48.5 Å². The van der Waals surface area contributed by atoms with Crippen LogP contribution in [-0.4, -0.2) is 43.4 Å². The Hall–Kier alpha value is -3.71. The van der Waals surface area contributed by atoms with Crippen LogP contribution in [0.4, 0.5) is 23.7 Å². The van der Waals surface area contributed by atoms with E-state index in [4.69, 9.17) is 10.00 Å². The SMILES string of the molecule is CO[C@@H](CCC=O)C1(c2ccccc2)C(=O)N(c2ccc(C#N)c(C(F)(F)F)c2)C(=O)N1C. The summed E-state index contributed by atoms with van der Waals surface area (Å²) in [4.78, 5) is 39.9. The number of hydrogen-bond donors (Lipinski definition) is 0. The molecule has 0 aromatic heterocycles. The van der Waals surface area contributed by atoms with E-state index in [2.05, 4.69) is 0 Å². The number of anilines is 1. The minimum atomic E-state index is -4.87. The summed E-state index contributed by atoms with van der Waals surface area (Å²) in [7, 11) is 2.69. The largest absolute Gasteiger partial charge is 0.417 e. The van der Waals surface area contributed by atoms with Crippen LogP contribution in [0.5, 0.6) is 0 Å². The molecule has 10 heteroatoms. The molecule has 0 bridgehead atoms. The third-order valence-corrected chi connectivity index (χ3v) is 5.73. The molecule has 33 heavy (non-hydrogen) atoms. The van der Waals surface area contributed by atoms with Gasteiger partial charge in [0.15, 0.2) is 5.54 Å². The highest BCUT2D eigenvalue weighted by atomic mass is 19.4. The van der Waals surface area contributed by atoms with Crippen LogP contribution in [0.1, 0.15) is 29.5 Å². The predicted molar refractivity (Wildman–Crippen MR) is 111 cm³/mol. The highest BCUT2D eigenvalue weighted by Crippen LogP contribution is 2.44. The van der Waals surface area contributed by atoms with E-state index < -0.39 is 40.9 Å². The number of alkyl halides is 3. The minimum absolute atomic E-state index is 0.0392. The first-order chi connectivity index (χ1) is 15.6. The first kappa shape index (κ1) is 23.9. The van der Waals surface area contributed by atoms with Gasteiger partial charge in [-0.1, -0.05) is 30.3 Å². The van der Waals surface area contributed by atoms with Crippen molar-refractivity contribution in [3.8, 4) is 6.07 Å². The molecule has 0 aliphatic carbocycles. The van der Waals surface area contributed by atoms with Crippen molar-refractivity contribution >= 4 is 23.9 Å². The Bertz CT molecular complexity index is 1110. The molecule has 3 amide bonds. The van der Waals surface area contributed by atoms with Crippen LogP contribution in [0, 0.1) is 11.3 Å². The summed E-state index contributed by atoms with van der Waals surface area (Å²) in [6, 6.07) is 11.5. The molecule has 2 aromatic carbocycles. The Morgan fingerprint density at radius 1 is 1.18 bits per heavy atom. The van der Waals surface area contributed by atoms with Crippen molar-refractivity contribution in [1.29, 1.82) is 5.26 Å². The second-order valence-corrected chi connectivity index (χ2v) is 7.42. The topological polar surface area (TPSA) is 90.7 Å². The van der Waals surface area contributed by atoms with Crippen LogP contribution >= 0.6 is 0 Å². The Morgan fingerprint density at radius 3 is 2.39 bits per heavy atom. The second kappa shape index (κ2) is 9.03. The average molecular weight is 459 g/mol. The van der Waals surface area contributed by atoms with Crippen molar-refractivity contribution in [2.45, 2.75) is 30.7 Å². The smallest absolute Gasteiger partial charge is 0.378 e. The van der Waals surface area contributed by atoms with E-state index >= 15 is 0 Å². The molecule has 1 saturated heterocycles. The van der Waals surface area contributed by atoms with Gasteiger partial charge in [0.25, 0.3) is 5.91 Å². The monoisotopic (exact) mass is 459 g/mol. The van der Waals surface area contributed by atoms with Crippen molar-refractivity contribution in [2.75, 3.05) is 19.1 Å². The summed E-state index contributed by atoms with van der Waals surface area (Å²) in [5.41, 5.74) is -3.55. The summed E-state index contributed by atoms with van der Waals surface area (Å²) in [6.45, 7) is 0. The molecule has 1 aliphatic rings. The number of likely N-dealkylation sites (N-methyl/N-ethyl adjacent to an activating group) is 1. The van der Waals surface area contributed by atoms with Crippen molar-refractivity contribution in [1.82, 2.24) is 4.90 Å². The van der Waals surface area contributed by atoms with Gasteiger partial charge in [0.1, 0.15) is 6.29 Å². The number of halogens is 3. The van der Waals surface area contributed by atoms with Gasteiger partial charge in [0.2, 0.25) is 0 Å². The average Bonchev–Trinajstić information content (AvgIpc) is 3.00. The summed E-state index contributed by atoms with van der Waals surface area (Å²) < 4.78 is 46.1. The van der Waals surface area contributed by atoms with Crippen LogP contribution in [0.3, 0.4) is 0 Å². The number of aldehydes is 1. The summed E-state index contributed by atoms with van der Waals surface area (Å²) in [6.07, 6.45) is -5.05.